The van der Waals surface area contributed by atoms with E-state index in [2.05, 4.69) is 21.0 Å². The third kappa shape index (κ3) is 3.03. The highest BCUT2D eigenvalue weighted by molar-refractivity contribution is 9.10. The van der Waals surface area contributed by atoms with Crippen LogP contribution < -0.4 is 5.73 Å². The Balaban J connectivity index is 2.30. The molecule has 3 nitrogen and oxygen atoms in total. The number of aryl methyl sites for hydroxylation is 1. The van der Waals surface area contributed by atoms with Crippen molar-refractivity contribution < 1.29 is 13.2 Å². The van der Waals surface area contributed by atoms with Gasteiger partial charge in [-0.1, -0.05) is 12.8 Å². The Morgan fingerprint density at radius 3 is 2.70 bits per heavy atom. The molecule has 3 unspecified atom stereocenters. The Hall–Kier alpha value is -0.560. The van der Waals surface area contributed by atoms with Crippen LogP contribution in [0.1, 0.15) is 44.3 Å². The fraction of sp³-hybridized carbons (Fsp3) is 0.769. The molecule has 0 amide bonds. The average Bonchev–Trinajstić information content (AvgIpc) is 2.78. The van der Waals surface area contributed by atoms with Gasteiger partial charge in [0.1, 0.15) is 0 Å². The lowest BCUT2D eigenvalue weighted by atomic mass is 9.74. The fourth-order valence-corrected chi connectivity index (χ4v) is 3.71. The number of alkyl halides is 3. The van der Waals surface area contributed by atoms with E-state index < -0.39 is 24.1 Å². The van der Waals surface area contributed by atoms with Gasteiger partial charge in [0.25, 0.3) is 0 Å². The molecule has 1 fully saturated rings. The lowest BCUT2D eigenvalue weighted by Crippen LogP contribution is -2.39. The van der Waals surface area contributed by atoms with E-state index in [0.29, 0.717) is 29.6 Å². The Kier molecular flexibility index (Phi) is 4.79. The molecule has 0 bridgehead atoms. The third-order valence-corrected chi connectivity index (χ3v) is 4.76. The van der Waals surface area contributed by atoms with E-state index in [1.165, 1.54) is 0 Å². The summed E-state index contributed by atoms with van der Waals surface area (Å²) < 4.78 is 41.9. The van der Waals surface area contributed by atoms with E-state index in [4.69, 9.17) is 5.73 Å². The minimum absolute atomic E-state index is 0.180. The highest BCUT2D eigenvalue weighted by Crippen LogP contribution is 2.46. The quantitative estimate of drug-likeness (QED) is 0.891. The fourth-order valence-electron chi connectivity index (χ4n) is 3.15. The normalized spacial score (nSPS) is 25.7. The minimum Gasteiger partial charge on any atom is -0.322 e. The van der Waals surface area contributed by atoms with E-state index in [1.807, 2.05) is 6.92 Å². The smallest absolute Gasteiger partial charge is 0.322 e. The van der Waals surface area contributed by atoms with E-state index in [0.717, 1.165) is 6.42 Å². The van der Waals surface area contributed by atoms with Gasteiger partial charge in [0.2, 0.25) is 0 Å². The number of nitrogens with two attached hydrogens (primary N) is 1. The SMILES string of the molecule is CCn1ncc(Br)c1C(N)C1CCCCC1C(F)(F)F. The average molecular weight is 354 g/mol. The van der Waals surface area contributed by atoms with Gasteiger partial charge in [0.15, 0.2) is 0 Å². The maximum atomic E-state index is 13.2. The van der Waals surface area contributed by atoms with Crippen LogP contribution in [0.15, 0.2) is 10.7 Å². The second kappa shape index (κ2) is 6.05. The molecule has 0 spiro atoms. The summed E-state index contributed by atoms with van der Waals surface area (Å²) in [7, 11) is 0. The van der Waals surface area contributed by atoms with Gasteiger partial charge in [-0.15, -0.1) is 0 Å². The van der Waals surface area contributed by atoms with Crippen molar-refractivity contribution in [2.75, 3.05) is 0 Å². The van der Waals surface area contributed by atoms with E-state index in [-0.39, 0.29) is 6.42 Å². The summed E-state index contributed by atoms with van der Waals surface area (Å²) in [5, 5.41) is 4.15. The highest BCUT2D eigenvalue weighted by Gasteiger charge is 2.48. The molecule has 0 aromatic carbocycles. The maximum Gasteiger partial charge on any atom is 0.392 e. The predicted octanol–water partition coefficient (Wildman–Crippen LogP) is 4.03. The summed E-state index contributed by atoms with van der Waals surface area (Å²) in [6, 6.07) is -0.640. The Bertz CT molecular complexity index is 458. The first kappa shape index (κ1) is 15.8. The lowest BCUT2D eigenvalue weighted by Gasteiger charge is -2.36. The van der Waals surface area contributed by atoms with Crippen molar-refractivity contribution in [2.45, 2.75) is 51.4 Å². The molecule has 2 N–H and O–H groups in total. The molecule has 20 heavy (non-hydrogen) atoms. The summed E-state index contributed by atoms with van der Waals surface area (Å²) in [6.45, 7) is 2.50. The molecule has 1 aromatic heterocycles. The molecule has 1 aliphatic carbocycles. The number of nitrogens with zero attached hydrogens (tertiary/aromatic N) is 2. The molecular formula is C13H19BrF3N3. The molecule has 0 radical (unpaired) electrons. The summed E-state index contributed by atoms with van der Waals surface area (Å²) >= 11 is 3.35. The molecule has 2 rings (SSSR count). The zero-order chi connectivity index (χ0) is 14.9. The number of rotatable bonds is 3. The monoisotopic (exact) mass is 353 g/mol. The number of halogens is 4. The Morgan fingerprint density at radius 2 is 2.10 bits per heavy atom. The van der Waals surface area contributed by atoms with Crippen LogP contribution in [0.4, 0.5) is 13.2 Å². The van der Waals surface area contributed by atoms with Crippen LogP contribution in [0, 0.1) is 11.8 Å². The van der Waals surface area contributed by atoms with Crippen molar-refractivity contribution in [3.63, 3.8) is 0 Å². The first-order chi connectivity index (χ1) is 9.36. The molecule has 0 aliphatic heterocycles. The lowest BCUT2D eigenvalue weighted by molar-refractivity contribution is -0.198. The molecule has 1 aromatic rings. The second-order valence-electron chi connectivity index (χ2n) is 5.32. The van der Waals surface area contributed by atoms with Crippen molar-refractivity contribution in [3.8, 4) is 0 Å². The molecule has 1 aliphatic rings. The molecule has 3 atom stereocenters. The van der Waals surface area contributed by atoms with Crippen molar-refractivity contribution in [1.82, 2.24) is 9.78 Å². The van der Waals surface area contributed by atoms with Gasteiger partial charge in [-0.25, -0.2) is 0 Å². The van der Waals surface area contributed by atoms with Crippen molar-refractivity contribution in [3.05, 3.63) is 16.4 Å². The van der Waals surface area contributed by atoms with Crippen LogP contribution >= 0.6 is 15.9 Å². The van der Waals surface area contributed by atoms with E-state index in [9.17, 15) is 13.2 Å². The zero-order valence-electron chi connectivity index (χ0n) is 11.3. The first-order valence-electron chi connectivity index (χ1n) is 6.89. The van der Waals surface area contributed by atoms with E-state index in [1.54, 1.807) is 10.9 Å². The van der Waals surface area contributed by atoms with Crippen LogP contribution in [-0.4, -0.2) is 16.0 Å². The minimum atomic E-state index is -4.17. The highest BCUT2D eigenvalue weighted by atomic mass is 79.9. The van der Waals surface area contributed by atoms with Gasteiger partial charge >= 0.3 is 6.18 Å². The molecule has 0 saturated heterocycles. The molecule has 1 saturated carbocycles. The third-order valence-electron chi connectivity index (χ3n) is 4.15. The van der Waals surface area contributed by atoms with Crippen LogP contribution in [-0.2, 0) is 6.54 Å². The summed E-state index contributed by atoms with van der Waals surface area (Å²) in [6.07, 6.45) is -0.437. The van der Waals surface area contributed by atoms with Gasteiger partial charge in [0.05, 0.1) is 28.3 Å². The van der Waals surface area contributed by atoms with Crippen LogP contribution in [0.25, 0.3) is 0 Å². The van der Waals surface area contributed by atoms with Crippen molar-refractivity contribution in [1.29, 1.82) is 0 Å². The van der Waals surface area contributed by atoms with Crippen LogP contribution in [0.5, 0.6) is 0 Å². The summed E-state index contributed by atoms with van der Waals surface area (Å²) in [5.74, 6) is -1.87. The molecule has 7 heteroatoms. The largest absolute Gasteiger partial charge is 0.392 e. The maximum absolute atomic E-state index is 13.2. The predicted molar refractivity (Wildman–Crippen MR) is 74.0 cm³/mol. The summed E-state index contributed by atoms with van der Waals surface area (Å²) in [4.78, 5) is 0. The molecular weight excluding hydrogens is 335 g/mol. The Morgan fingerprint density at radius 1 is 1.45 bits per heavy atom. The standard InChI is InChI=1S/C13H19BrF3N3/c1-2-20-12(10(14)7-19-20)11(18)8-5-3-4-6-9(8)13(15,16)17/h7-9,11H,2-6,18H2,1H3. The second-order valence-corrected chi connectivity index (χ2v) is 6.17. The summed E-state index contributed by atoms with van der Waals surface area (Å²) in [5.41, 5.74) is 6.86. The van der Waals surface area contributed by atoms with Gasteiger partial charge < -0.3 is 5.73 Å². The van der Waals surface area contributed by atoms with E-state index >= 15 is 0 Å². The van der Waals surface area contributed by atoms with Crippen LogP contribution in [0.3, 0.4) is 0 Å². The van der Waals surface area contributed by atoms with Gasteiger partial charge in [-0.3, -0.25) is 4.68 Å². The van der Waals surface area contributed by atoms with Crippen LogP contribution in [0.2, 0.25) is 0 Å². The number of hydrogen-bond donors (Lipinski definition) is 1. The topological polar surface area (TPSA) is 43.8 Å². The van der Waals surface area contributed by atoms with Gasteiger partial charge in [-0.2, -0.15) is 18.3 Å². The number of aromatic nitrogens is 2. The van der Waals surface area contributed by atoms with Gasteiger partial charge in [-0.05, 0) is 41.6 Å². The first-order valence-corrected chi connectivity index (χ1v) is 7.69. The molecule has 114 valence electrons. The number of hydrogen-bond acceptors (Lipinski definition) is 2. The van der Waals surface area contributed by atoms with Crippen molar-refractivity contribution in [2.24, 2.45) is 17.6 Å². The Labute approximate surface area is 124 Å². The van der Waals surface area contributed by atoms with Gasteiger partial charge in [0, 0.05) is 6.54 Å². The van der Waals surface area contributed by atoms with Crippen molar-refractivity contribution >= 4 is 15.9 Å². The molecule has 1 heterocycles. The zero-order valence-corrected chi connectivity index (χ0v) is 12.9.